The molecular formula is C17H15NO3. The first-order chi connectivity index (χ1) is 10.3. The molecule has 2 aliphatic rings. The maximum absolute atomic E-state index is 12.3. The summed E-state index contributed by atoms with van der Waals surface area (Å²) in [5.41, 5.74) is 1.99. The van der Waals surface area contributed by atoms with Gasteiger partial charge in [0.25, 0.3) is 0 Å². The zero-order chi connectivity index (χ0) is 14.2. The lowest BCUT2D eigenvalue weighted by atomic mass is 10.1. The number of fused-ring (bicyclic) bond motifs is 1. The van der Waals surface area contributed by atoms with Gasteiger partial charge in [0.1, 0.15) is 0 Å². The van der Waals surface area contributed by atoms with E-state index < -0.39 is 0 Å². The molecule has 1 fully saturated rings. The molecule has 1 aliphatic carbocycles. The maximum atomic E-state index is 12.3. The van der Waals surface area contributed by atoms with Gasteiger partial charge in [-0.2, -0.15) is 0 Å². The molecule has 0 aromatic heterocycles. The first-order valence-electron chi connectivity index (χ1n) is 7.07. The highest BCUT2D eigenvalue weighted by molar-refractivity contribution is 5.95. The van der Waals surface area contributed by atoms with Crippen LogP contribution in [0.5, 0.6) is 11.5 Å². The second-order valence-corrected chi connectivity index (χ2v) is 5.42. The van der Waals surface area contributed by atoms with Crippen LogP contribution in [0.15, 0.2) is 48.5 Å². The fourth-order valence-electron chi connectivity index (χ4n) is 2.76. The number of benzene rings is 2. The number of nitrogens with one attached hydrogen (secondary N) is 1. The Morgan fingerprint density at radius 2 is 1.86 bits per heavy atom. The van der Waals surface area contributed by atoms with E-state index in [0.717, 1.165) is 17.9 Å². The van der Waals surface area contributed by atoms with E-state index in [4.69, 9.17) is 9.47 Å². The SMILES string of the molecule is O=C(Nc1ccc2c(c1)OCO2)C1CC1c1ccccc1. The summed E-state index contributed by atoms with van der Waals surface area (Å²) in [7, 11) is 0. The Hall–Kier alpha value is -2.49. The molecule has 0 bridgehead atoms. The van der Waals surface area contributed by atoms with Crippen molar-refractivity contribution in [1.82, 2.24) is 0 Å². The number of amides is 1. The van der Waals surface area contributed by atoms with Crippen LogP contribution in [0.1, 0.15) is 17.9 Å². The molecule has 4 heteroatoms. The molecule has 2 unspecified atom stereocenters. The maximum Gasteiger partial charge on any atom is 0.231 e. The lowest BCUT2D eigenvalue weighted by Gasteiger charge is -2.06. The van der Waals surface area contributed by atoms with Gasteiger partial charge in [-0.15, -0.1) is 0 Å². The van der Waals surface area contributed by atoms with Crippen LogP contribution in [-0.2, 0) is 4.79 Å². The zero-order valence-electron chi connectivity index (χ0n) is 11.4. The highest BCUT2D eigenvalue weighted by atomic mass is 16.7. The fraction of sp³-hybridized carbons (Fsp3) is 0.235. The Morgan fingerprint density at radius 3 is 2.71 bits per heavy atom. The van der Waals surface area contributed by atoms with Gasteiger partial charge in [-0.3, -0.25) is 4.79 Å². The van der Waals surface area contributed by atoms with Crippen LogP contribution in [0.3, 0.4) is 0 Å². The van der Waals surface area contributed by atoms with Crippen molar-refractivity contribution in [3.05, 3.63) is 54.1 Å². The number of rotatable bonds is 3. The summed E-state index contributed by atoms with van der Waals surface area (Å²) in [6.07, 6.45) is 0.917. The Kier molecular flexibility index (Phi) is 2.81. The third-order valence-corrected chi connectivity index (χ3v) is 4.00. The lowest BCUT2D eigenvalue weighted by Crippen LogP contribution is -2.14. The molecular weight excluding hydrogens is 266 g/mol. The van der Waals surface area contributed by atoms with Gasteiger partial charge in [-0.1, -0.05) is 30.3 Å². The molecule has 0 saturated heterocycles. The van der Waals surface area contributed by atoms with Crippen molar-refractivity contribution in [2.75, 3.05) is 12.1 Å². The van der Waals surface area contributed by atoms with E-state index >= 15 is 0 Å². The first-order valence-corrected chi connectivity index (χ1v) is 7.07. The Bertz CT molecular complexity index is 684. The molecule has 1 N–H and O–H groups in total. The van der Waals surface area contributed by atoms with Gasteiger partial charge >= 0.3 is 0 Å². The number of anilines is 1. The zero-order valence-corrected chi connectivity index (χ0v) is 11.4. The van der Waals surface area contributed by atoms with Gasteiger partial charge in [-0.25, -0.2) is 0 Å². The summed E-state index contributed by atoms with van der Waals surface area (Å²) in [6.45, 7) is 0.242. The van der Waals surface area contributed by atoms with Crippen LogP contribution in [0.2, 0.25) is 0 Å². The molecule has 4 rings (SSSR count). The third-order valence-electron chi connectivity index (χ3n) is 4.00. The molecule has 2 aromatic rings. The van der Waals surface area contributed by atoms with Gasteiger partial charge in [0.05, 0.1) is 0 Å². The summed E-state index contributed by atoms with van der Waals surface area (Å²) < 4.78 is 10.6. The van der Waals surface area contributed by atoms with Crippen molar-refractivity contribution < 1.29 is 14.3 Å². The first kappa shape index (κ1) is 12.3. The molecule has 21 heavy (non-hydrogen) atoms. The predicted octanol–water partition coefficient (Wildman–Crippen LogP) is 3.16. The van der Waals surface area contributed by atoms with Gasteiger partial charge < -0.3 is 14.8 Å². The van der Waals surface area contributed by atoms with E-state index in [2.05, 4.69) is 17.4 Å². The van der Waals surface area contributed by atoms with E-state index in [1.54, 1.807) is 6.07 Å². The van der Waals surface area contributed by atoms with Gasteiger partial charge in [0.15, 0.2) is 11.5 Å². The molecule has 1 aliphatic heterocycles. The smallest absolute Gasteiger partial charge is 0.231 e. The van der Waals surface area contributed by atoms with Crippen molar-refractivity contribution in [3.8, 4) is 11.5 Å². The standard InChI is InChI=1S/C17H15NO3/c19-17(14-9-13(14)11-4-2-1-3-5-11)18-12-6-7-15-16(8-12)21-10-20-15/h1-8,13-14H,9-10H2,(H,18,19). The van der Waals surface area contributed by atoms with Crippen molar-refractivity contribution >= 4 is 11.6 Å². The minimum Gasteiger partial charge on any atom is -0.454 e. The third kappa shape index (κ3) is 2.33. The lowest BCUT2D eigenvalue weighted by molar-refractivity contribution is -0.117. The van der Waals surface area contributed by atoms with Crippen LogP contribution in [0.25, 0.3) is 0 Å². The predicted molar refractivity (Wildman–Crippen MR) is 78.5 cm³/mol. The molecule has 2 aromatic carbocycles. The number of ether oxygens (including phenoxy) is 2. The van der Waals surface area contributed by atoms with Crippen molar-refractivity contribution in [3.63, 3.8) is 0 Å². The van der Waals surface area contributed by atoms with Crippen LogP contribution in [-0.4, -0.2) is 12.7 Å². The Morgan fingerprint density at radius 1 is 1.05 bits per heavy atom. The summed E-state index contributed by atoms with van der Waals surface area (Å²) in [6, 6.07) is 15.6. The minimum absolute atomic E-state index is 0.0674. The summed E-state index contributed by atoms with van der Waals surface area (Å²) in [5.74, 6) is 1.89. The highest BCUT2D eigenvalue weighted by Gasteiger charge is 2.43. The van der Waals surface area contributed by atoms with E-state index in [1.165, 1.54) is 5.56 Å². The molecule has 2 atom stereocenters. The average molecular weight is 281 g/mol. The minimum atomic E-state index is 0.0674. The van der Waals surface area contributed by atoms with Crippen LogP contribution in [0, 0.1) is 5.92 Å². The number of carbonyl (C=O) groups is 1. The molecule has 0 spiro atoms. The van der Waals surface area contributed by atoms with E-state index in [1.807, 2.05) is 30.3 Å². The topological polar surface area (TPSA) is 47.6 Å². The van der Waals surface area contributed by atoms with E-state index in [0.29, 0.717) is 11.7 Å². The summed E-state index contributed by atoms with van der Waals surface area (Å²) >= 11 is 0. The summed E-state index contributed by atoms with van der Waals surface area (Å²) in [5, 5.41) is 2.96. The number of hydrogen-bond acceptors (Lipinski definition) is 3. The monoisotopic (exact) mass is 281 g/mol. The molecule has 1 saturated carbocycles. The number of carbonyl (C=O) groups excluding carboxylic acids is 1. The van der Waals surface area contributed by atoms with Crippen LogP contribution < -0.4 is 14.8 Å². The largest absolute Gasteiger partial charge is 0.454 e. The molecule has 1 heterocycles. The Labute approximate surface area is 122 Å². The van der Waals surface area contributed by atoms with Crippen molar-refractivity contribution in [2.24, 2.45) is 5.92 Å². The second kappa shape index (κ2) is 4.81. The quantitative estimate of drug-likeness (QED) is 0.940. The van der Waals surface area contributed by atoms with E-state index in [9.17, 15) is 4.79 Å². The molecule has 1 amide bonds. The second-order valence-electron chi connectivity index (χ2n) is 5.42. The molecule has 106 valence electrons. The summed E-state index contributed by atoms with van der Waals surface area (Å²) in [4.78, 5) is 12.3. The molecule has 4 nitrogen and oxygen atoms in total. The average Bonchev–Trinajstić information content (AvgIpc) is 3.19. The van der Waals surface area contributed by atoms with E-state index in [-0.39, 0.29) is 18.6 Å². The Balaban J connectivity index is 1.43. The van der Waals surface area contributed by atoms with Gasteiger partial charge in [-0.05, 0) is 30.0 Å². The normalized spacial score (nSPS) is 21.9. The van der Waals surface area contributed by atoms with Gasteiger partial charge in [0, 0.05) is 17.7 Å². The van der Waals surface area contributed by atoms with Gasteiger partial charge in [0.2, 0.25) is 12.7 Å². The van der Waals surface area contributed by atoms with Crippen molar-refractivity contribution in [1.29, 1.82) is 0 Å². The van der Waals surface area contributed by atoms with Crippen molar-refractivity contribution in [2.45, 2.75) is 12.3 Å². The van der Waals surface area contributed by atoms with Crippen LogP contribution in [0.4, 0.5) is 5.69 Å². The highest BCUT2D eigenvalue weighted by Crippen LogP contribution is 2.48. The number of hydrogen-bond donors (Lipinski definition) is 1. The fourth-order valence-corrected chi connectivity index (χ4v) is 2.76. The van der Waals surface area contributed by atoms with Crippen LogP contribution >= 0.6 is 0 Å². The molecule has 0 radical (unpaired) electrons.